The van der Waals surface area contributed by atoms with Crippen molar-refractivity contribution in [2.24, 2.45) is 0 Å². The van der Waals surface area contributed by atoms with Crippen LogP contribution in [0.5, 0.6) is 5.75 Å². The molecule has 0 saturated heterocycles. The van der Waals surface area contributed by atoms with Gasteiger partial charge < -0.3 is 15.0 Å². The molecule has 1 radical (unpaired) electrons. The van der Waals surface area contributed by atoms with Gasteiger partial charge in [-0.25, -0.2) is 9.97 Å². The average Bonchev–Trinajstić information content (AvgIpc) is 2.82. The van der Waals surface area contributed by atoms with Crippen molar-refractivity contribution >= 4 is 11.6 Å². The summed E-state index contributed by atoms with van der Waals surface area (Å²) in [6, 6.07) is 26.0. The highest BCUT2D eigenvalue weighted by molar-refractivity contribution is 5.68. The Bertz CT molecular complexity index is 1220. The largest absolute Gasteiger partial charge is 0.492 e. The average molecular weight is 452 g/mol. The summed E-state index contributed by atoms with van der Waals surface area (Å²) in [5.41, 5.74) is 7.68. The minimum atomic E-state index is 0.563. The van der Waals surface area contributed by atoms with Crippen LogP contribution in [0, 0.1) is 19.9 Å². The molecule has 0 aliphatic heterocycles. The standard InChI is InChI=1S/C29H31N4O/c1-21-18-22(2)26(20-23-8-6-5-7-9-23)27(19-21)28-14-15-30-29(32-28)31-24-10-12-25(13-11-24)34-17-16-33(3)4/h5-15,19H,16-17,20H2,1-4H3,(H,30,31,32). The van der Waals surface area contributed by atoms with Crippen molar-refractivity contribution in [1.82, 2.24) is 14.9 Å². The molecule has 173 valence electrons. The summed E-state index contributed by atoms with van der Waals surface area (Å²) >= 11 is 0. The van der Waals surface area contributed by atoms with Gasteiger partial charge in [0.2, 0.25) is 5.95 Å². The van der Waals surface area contributed by atoms with Crippen LogP contribution in [-0.2, 0) is 6.42 Å². The van der Waals surface area contributed by atoms with Gasteiger partial charge in [-0.1, -0.05) is 30.3 Å². The van der Waals surface area contributed by atoms with E-state index in [1.807, 2.05) is 50.5 Å². The number of nitrogens with one attached hydrogen (secondary N) is 1. The second-order valence-corrected chi connectivity index (χ2v) is 8.70. The number of likely N-dealkylation sites (N-methyl/N-ethyl adjacent to an activating group) is 1. The zero-order valence-electron chi connectivity index (χ0n) is 20.3. The van der Waals surface area contributed by atoms with E-state index in [1.165, 1.54) is 11.1 Å². The van der Waals surface area contributed by atoms with Crippen molar-refractivity contribution in [3.05, 3.63) is 101 Å². The summed E-state index contributed by atoms with van der Waals surface area (Å²) in [4.78, 5) is 11.4. The van der Waals surface area contributed by atoms with Crippen LogP contribution in [-0.4, -0.2) is 42.1 Å². The second kappa shape index (κ2) is 10.9. The molecule has 0 amide bonds. The topological polar surface area (TPSA) is 50.3 Å². The predicted octanol–water partition coefficient (Wildman–Crippen LogP) is 5.84. The minimum absolute atomic E-state index is 0.563. The van der Waals surface area contributed by atoms with Crippen molar-refractivity contribution in [1.29, 1.82) is 0 Å². The van der Waals surface area contributed by atoms with Crippen LogP contribution in [0.4, 0.5) is 11.6 Å². The Morgan fingerprint density at radius 2 is 1.74 bits per heavy atom. The Morgan fingerprint density at radius 1 is 0.971 bits per heavy atom. The zero-order valence-corrected chi connectivity index (χ0v) is 20.3. The highest BCUT2D eigenvalue weighted by Gasteiger charge is 2.13. The Morgan fingerprint density at radius 3 is 2.47 bits per heavy atom. The number of anilines is 2. The van der Waals surface area contributed by atoms with Crippen LogP contribution in [0.15, 0.2) is 72.9 Å². The van der Waals surface area contributed by atoms with Gasteiger partial charge in [-0.2, -0.15) is 0 Å². The monoisotopic (exact) mass is 451 g/mol. The highest BCUT2D eigenvalue weighted by Crippen LogP contribution is 2.29. The highest BCUT2D eigenvalue weighted by atomic mass is 16.5. The first-order valence-electron chi connectivity index (χ1n) is 11.5. The fraction of sp³-hybridized carbons (Fsp3) is 0.241. The number of hydrogen-bond acceptors (Lipinski definition) is 5. The van der Waals surface area contributed by atoms with Crippen LogP contribution >= 0.6 is 0 Å². The summed E-state index contributed by atoms with van der Waals surface area (Å²) in [5.74, 6) is 1.41. The maximum atomic E-state index is 5.78. The summed E-state index contributed by atoms with van der Waals surface area (Å²) in [6.07, 6.45) is 2.64. The second-order valence-electron chi connectivity index (χ2n) is 8.70. The van der Waals surface area contributed by atoms with Crippen LogP contribution in [0.25, 0.3) is 11.3 Å². The van der Waals surface area contributed by atoms with Crippen LogP contribution in [0.3, 0.4) is 0 Å². The third-order valence-electron chi connectivity index (χ3n) is 5.60. The van der Waals surface area contributed by atoms with Crippen molar-refractivity contribution in [2.45, 2.75) is 20.3 Å². The number of aromatic nitrogens is 2. The molecule has 0 unspecified atom stereocenters. The van der Waals surface area contributed by atoms with Gasteiger partial charge in [0, 0.05) is 24.0 Å². The van der Waals surface area contributed by atoms with Gasteiger partial charge in [-0.3, -0.25) is 0 Å². The minimum Gasteiger partial charge on any atom is -0.492 e. The lowest BCUT2D eigenvalue weighted by molar-refractivity contribution is 0.261. The molecule has 0 fully saturated rings. The summed E-state index contributed by atoms with van der Waals surface area (Å²) < 4.78 is 5.78. The van der Waals surface area contributed by atoms with E-state index in [1.54, 1.807) is 6.20 Å². The molecule has 0 aliphatic rings. The molecule has 4 rings (SSSR count). The lowest BCUT2D eigenvalue weighted by atomic mass is 9.92. The molecule has 0 aliphatic carbocycles. The molecule has 1 heterocycles. The van der Waals surface area contributed by atoms with E-state index in [4.69, 9.17) is 9.72 Å². The Balaban J connectivity index is 1.55. The lowest BCUT2D eigenvalue weighted by Crippen LogP contribution is -2.19. The Labute approximate surface area is 202 Å². The maximum absolute atomic E-state index is 5.78. The summed E-state index contributed by atoms with van der Waals surface area (Å²) in [7, 11) is 4.07. The number of nitrogens with zero attached hydrogens (tertiary/aromatic N) is 3. The predicted molar refractivity (Wildman–Crippen MR) is 139 cm³/mol. The lowest BCUT2D eigenvalue weighted by Gasteiger charge is -2.15. The van der Waals surface area contributed by atoms with Crippen molar-refractivity contribution in [3.8, 4) is 17.0 Å². The van der Waals surface area contributed by atoms with Gasteiger partial charge in [-0.05, 0) is 99.1 Å². The molecular weight excluding hydrogens is 420 g/mol. The van der Waals surface area contributed by atoms with Gasteiger partial charge in [0.05, 0.1) is 5.69 Å². The van der Waals surface area contributed by atoms with Gasteiger partial charge in [0.15, 0.2) is 0 Å². The number of aryl methyl sites for hydroxylation is 2. The number of hydrogen-bond donors (Lipinski definition) is 1. The first-order chi connectivity index (χ1) is 16.5. The Kier molecular flexibility index (Phi) is 7.55. The quantitative estimate of drug-likeness (QED) is 0.347. The van der Waals surface area contributed by atoms with Crippen LogP contribution in [0.1, 0.15) is 22.3 Å². The van der Waals surface area contributed by atoms with E-state index >= 15 is 0 Å². The van der Waals surface area contributed by atoms with Crippen molar-refractivity contribution in [3.63, 3.8) is 0 Å². The molecule has 0 spiro atoms. The number of ether oxygens (including phenoxy) is 1. The van der Waals surface area contributed by atoms with Gasteiger partial charge in [0.25, 0.3) is 0 Å². The molecule has 0 atom stereocenters. The molecular formula is C29H31N4O. The molecule has 34 heavy (non-hydrogen) atoms. The molecule has 5 nitrogen and oxygen atoms in total. The number of rotatable bonds is 9. The van der Waals surface area contributed by atoms with Gasteiger partial charge in [0.1, 0.15) is 12.4 Å². The smallest absolute Gasteiger partial charge is 0.227 e. The van der Waals surface area contributed by atoms with Gasteiger partial charge >= 0.3 is 0 Å². The van der Waals surface area contributed by atoms with Crippen molar-refractivity contribution < 1.29 is 4.74 Å². The van der Waals surface area contributed by atoms with Crippen LogP contribution in [0.2, 0.25) is 0 Å². The molecule has 0 bridgehead atoms. The third-order valence-corrected chi connectivity index (χ3v) is 5.60. The molecule has 4 aromatic rings. The SMILES string of the molecule is Cc1[c]c(C)c(Cc2ccccc2)c(-c2ccnc(Nc3ccc(OCCN(C)C)cc3)n2)c1. The summed E-state index contributed by atoms with van der Waals surface area (Å²) in [6.45, 7) is 5.73. The van der Waals surface area contributed by atoms with E-state index in [2.05, 4.69) is 65.4 Å². The number of benzene rings is 3. The first kappa shape index (κ1) is 23.5. The van der Waals surface area contributed by atoms with Crippen LogP contribution < -0.4 is 10.1 Å². The first-order valence-corrected chi connectivity index (χ1v) is 11.5. The third kappa shape index (κ3) is 6.21. The maximum Gasteiger partial charge on any atom is 0.227 e. The normalized spacial score (nSPS) is 11.0. The van der Waals surface area contributed by atoms with E-state index in [9.17, 15) is 0 Å². The molecule has 1 N–H and O–H groups in total. The van der Waals surface area contributed by atoms with E-state index < -0.39 is 0 Å². The molecule has 1 aromatic heterocycles. The zero-order chi connectivity index (χ0) is 23.9. The van der Waals surface area contributed by atoms with E-state index in [0.717, 1.165) is 46.8 Å². The van der Waals surface area contributed by atoms with Crippen molar-refractivity contribution in [2.75, 3.05) is 32.6 Å². The Hall–Kier alpha value is -3.70. The fourth-order valence-corrected chi connectivity index (χ4v) is 3.85. The van der Waals surface area contributed by atoms with E-state index in [0.29, 0.717) is 12.6 Å². The fourth-order valence-electron chi connectivity index (χ4n) is 3.85. The molecule has 3 aromatic carbocycles. The van der Waals surface area contributed by atoms with Gasteiger partial charge in [-0.15, -0.1) is 0 Å². The molecule has 5 heteroatoms. The molecule has 0 saturated carbocycles. The summed E-state index contributed by atoms with van der Waals surface area (Å²) in [5, 5.41) is 3.32. The van der Waals surface area contributed by atoms with E-state index in [-0.39, 0.29) is 0 Å².